The number of aliphatic imine (C=N–C) groups is 4. The fourth-order valence-electron chi connectivity index (χ4n) is 13.0. The maximum atomic E-state index is 14.0. The third-order valence-corrected chi connectivity index (χ3v) is 24.9. The molecule has 0 spiro atoms. The summed E-state index contributed by atoms with van der Waals surface area (Å²) in [5, 5.41) is 0. The molecule has 128 heavy (non-hydrogen) atoms. The van der Waals surface area contributed by atoms with Crippen LogP contribution in [0.4, 0.5) is 43.9 Å². The lowest BCUT2D eigenvalue weighted by atomic mass is 9.87. The molecule has 0 amide bonds. The first-order valence-electron chi connectivity index (χ1n) is 38.7. The summed E-state index contributed by atoms with van der Waals surface area (Å²) >= 11 is 0. The lowest BCUT2D eigenvalue weighted by molar-refractivity contribution is 0.171. The molecule has 0 saturated carbocycles. The first-order valence-corrected chi connectivity index (χ1v) is 44.4. The van der Waals surface area contributed by atoms with E-state index < -0.39 is 128 Å². The molecule has 0 radical (unpaired) electrons. The molecule has 22 nitrogen and oxygen atoms in total. The highest BCUT2D eigenvalue weighted by Crippen LogP contribution is 2.38. The molecular formula is C92H72F10N4O18S4. The Kier molecular flexibility index (Phi) is 26.9. The van der Waals surface area contributed by atoms with Crippen molar-refractivity contribution in [3.63, 3.8) is 0 Å². The van der Waals surface area contributed by atoms with Crippen LogP contribution in [0.3, 0.4) is 0 Å². The number of benzene rings is 12. The first kappa shape index (κ1) is 90.7. The third kappa shape index (κ3) is 21.1. The predicted octanol–water partition coefficient (Wildman–Crippen LogP) is 19.0. The van der Waals surface area contributed by atoms with Gasteiger partial charge in [-0.25, -0.2) is 63.9 Å². The van der Waals surface area contributed by atoms with Crippen molar-refractivity contribution in [2.75, 3.05) is 39.6 Å². The summed E-state index contributed by atoms with van der Waals surface area (Å²) in [5.41, 5.74) is 3.16. The third-order valence-electron chi connectivity index (χ3n) is 19.8. The van der Waals surface area contributed by atoms with Crippen LogP contribution in [0.2, 0.25) is 0 Å². The summed E-state index contributed by atoms with van der Waals surface area (Å²) in [6.07, 6.45) is 0. The number of nitrogens with zero attached hydrogens (tertiary/aromatic N) is 4. The Balaban J connectivity index is 0.000000138. The normalized spacial score (nSPS) is 16.4. The van der Waals surface area contributed by atoms with Crippen LogP contribution < -0.4 is 26.2 Å². The van der Waals surface area contributed by atoms with E-state index in [2.05, 4.69) is 20.0 Å². The molecule has 5 aliphatic heterocycles. The van der Waals surface area contributed by atoms with E-state index in [0.717, 1.165) is 71.8 Å². The zero-order chi connectivity index (χ0) is 91.2. The Bertz CT molecular complexity index is 6720. The van der Waals surface area contributed by atoms with Crippen molar-refractivity contribution < 1.29 is 123 Å². The molecule has 12 aromatic carbocycles. The van der Waals surface area contributed by atoms with Crippen LogP contribution in [0.25, 0.3) is 0 Å². The van der Waals surface area contributed by atoms with Gasteiger partial charge in [-0.3, -0.25) is 0 Å². The average Bonchev–Trinajstić information content (AvgIpc) is 1.40. The zero-order valence-electron chi connectivity index (χ0n) is 67.8. The standard InChI is InChI=1S/C25H23F2NO4S.C23H17F2NO6S.C22H15F4NO4S.C22H17F2NO4S/c1-25(2,3)17-9-13-19(14-10-17)33(29,30)32-18-11-7-16(8-12-18)22-15-31-24(28-22)23-20(26)5-4-6-21(23)27;24-17-2-1-3-18(25)22(17)23-26-19(13-31-23)14-4-6-15(7-5-14)32-33(27,28)16-8-9-20-21(12-16)30-11-10-29-20;1-12-5-10-18(21(26)20(12)25)32(28,29)31-14-8-6-13(7-9-14)17-11-30-22(27-17)19-15(23)3-2-4-16(19)24;1-14-5-11-17(12-6-14)30(26,27)29-16-9-7-15(8-10-16)20-13-28-22(25-20)21-18(23)3-2-4-19(21)24/h4-14,22H,15H2,1-3H3;1-9,12,19H,10-11,13H2;2-10,17H,11H2,1H3;2-12,20H,13H2,1H3. The number of rotatable bonds is 20. The molecule has 0 bridgehead atoms. The molecule has 36 heteroatoms. The molecule has 0 aromatic heterocycles. The fourth-order valence-corrected chi connectivity index (χ4v) is 16.8. The van der Waals surface area contributed by atoms with Crippen molar-refractivity contribution in [2.24, 2.45) is 20.0 Å². The van der Waals surface area contributed by atoms with Crippen LogP contribution in [0.1, 0.15) is 106 Å². The Hall–Kier alpha value is -13.6. The van der Waals surface area contributed by atoms with Gasteiger partial charge in [0.15, 0.2) is 23.1 Å². The molecule has 0 saturated heterocycles. The zero-order valence-corrected chi connectivity index (χ0v) is 71.0. The maximum Gasteiger partial charge on any atom is 0.342 e. The van der Waals surface area contributed by atoms with Gasteiger partial charge < -0.3 is 45.2 Å². The molecule has 4 atom stereocenters. The van der Waals surface area contributed by atoms with E-state index in [0.29, 0.717) is 47.0 Å². The largest absolute Gasteiger partial charge is 0.486 e. The Morgan fingerprint density at radius 1 is 0.305 bits per heavy atom. The minimum atomic E-state index is -4.62. The Morgan fingerprint density at radius 3 is 0.898 bits per heavy atom. The van der Waals surface area contributed by atoms with E-state index in [1.165, 1.54) is 134 Å². The van der Waals surface area contributed by atoms with Crippen molar-refractivity contribution in [1.29, 1.82) is 0 Å². The van der Waals surface area contributed by atoms with E-state index in [1.54, 1.807) is 60.7 Å². The molecule has 0 aliphatic carbocycles. The molecule has 662 valence electrons. The Morgan fingerprint density at radius 2 is 0.586 bits per heavy atom. The van der Waals surface area contributed by atoms with Gasteiger partial charge in [0.1, 0.15) is 175 Å². The molecule has 5 heterocycles. The van der Waals surface area contributed by atoms with E-state index >= 15 is 0 Å². The SMILES string of the molecule is CC(C)(C)c1ccc(S(=O)(=O)Oc2ccc(C3COC(c4c(F)cccc4F)=N3)cc2)cc1.Cc1ccc(S(=O)(=O)Oc2ccc(C3COC(c4c(F)cccc4F)=N3)cc2)c(F)c1F.Cc1ccc(S(=O)(=O)Oc2ccc(C3COC(c4c(F)cccc4F)=N3)cc2)cc1.O=S(=O)(Oc1ccc(C2COC(c3c(F)cccc3F)=N2)cc1)c1ccc2c(c1)OCCO2. The summed E-state index contributed by atoms with van der Waals surface area (Å²) in [5.74, 6) is -8.38. The Labute approximate surface area is 728 Å². The molecule has 4 unspecified atom stereocenters. The molecule has 12 aromatic rings. The van der Waals surface area contributed by atoms with Crippen LogP contribution >= 0.6 is 0 Å². The lowest BCUT2D eigenvalue weighted by Gasteiger charge is -2.19. The van der Waals surface area contributed by atoms with E-state index in [9.17, 15) is 77.6 Å². The van der Waals surface area contributed by atoms with Crippen molar-refractivity contribution in [1.82, 2.24) is 0 Å². The highest BCUT2D eigenvalue weighted by molar-refractivity contribution is 7.88. The number of ether oxygens (including phenoxy) is 6. The highest BCUT2D eigenvalue weighted by atomic mass is 32.2. The molecular weight excluding hydrogens is 1770 g/mol. The van der Waals surface area contributed by atoms with Crippen molar-refractivity contribution in [3.8, 4) is 34.5 Å². The van der Waals surface area contributed by atoms with Crippen LogP contribution in [-0.4, -0.2) is 96.9 Å². The van der Waals surface area contributed by atoms with Crippen molar-refractivity contribution >= 4 is 64.1 Å². The van der Waals surface area contributed by atoms with Crippen molar-refractivity contribution in [2.45, 2.75) is 83.8 Å². The quantitative estimate of drug-likeness (QED) is 0.0506. The minimum absolute atomic E-state index is 0.0233. The molecule has 17 rings (SSSR count). The van der Waals surface area contributed by atoms with Gasteiger partial charge in [-0.2, -0.15) is 33.7 Å². The highest BCUT2D eigenvalue weighted by Gasteiger charge is 2.34. The predicted molar refractivity (Wildman–Crippen MR) is 448 cm³/mol. The van der Waals surface area contributed by atoms with Gasteiger partial charge in [0.25, 0.3) is 0 Å². The van der Waals surface area contributed by atoms with Crippen LogP contribution in [0.15, 0.2) is 288 Å². The molecule has 0 N–H and O–H groups in total. The second-order valence-corrected chi connectivity index (χ2v) is 35.9. The van der Waals surface area contributed by atoms with Crippen LogP contribution in [0, 0.1) is 72.0 Å². The number of halogens is 10. The number of hydrogen-bond acceptors (Lipinski definition) is 22. The number of fused-ring (bicyclic) bond motifs is 1. The smallest absolute Gasteiger partial charge is 0.342 e. The van der Waals surface area contributed by atoms with Gasteiger partial charge in [0, 0.05) is 6.07 Å². The number of hydrogen-bond donors (Lipinski definition) is 0. The van der Waals surface area contributed by atoms with E-state index in [4.69, 9.17) is 45.2 Å². The summed E-state index contributed by atoms with van der Waals surface area (Å²) in [4.78, 5) is 16.1. The summed E-state index contributed by atoms with van der Waals surface area (Å²) < 4.78 is 292. The van der Waals surface area contributed by atoms with Gasteiger partial charge >= 0.3 is 40.5 Å². The monoisotopic (exact) mass is 1840 g/mol. The van der Waals surface area contributed by atoms with Gasteiger partial charge in [-0.15, -0.1) is 0 Å². The average molecular weight is 1840 g/mol. The van der Waals surface area contributed by atoms with E-state index in [-0.39, 0.29) is 121 Å². The molecule has 0 fully saturated rings. The van der Waals surface area contributed by atoms with Gasteiger partial charge in [-0.1, -0.05) is 129 Å². The fraction of sp³-hybridized carbons (Fsp3) is 0.174. The maximum absolute atomic E-state index is 14.0. The summed E-state index contributed by atoms with van der Waals surface area (Å²) in [6.45, 7) is 10.4. The van der Waals surface area contributed by atoms with Crippen molar-refractivity contribution in [3.05, 3.63) is 368 Å². The second kappa shape index (κ2) is 37.9. The first-order chi connectivity index (χ1) is 60.9. The minimum Gasteiger partial charge on any atom is -0.486 e. The lowest BCUT2D eigenvalue weighted by Crippen LogP contribution is -2.16. The van der Waals surface area contributed by atoms with Crippen LogP contribution in [-0.2, 0) is 64.8 Å². The van der Waals surface area contributed by atoms with Gasteiger partial charge in [-0.05, 0) is 192 Å². The second-order valence-electron chi connectivity index (χ2n) is 29.8. The summed E-state index contributed by atoms with van der Waals surface area (Å²) in [7, 11) is -16.7. The van der Waals surface area contributed by atoms with Gasteiger partial charge in [0.2, 0.25) is 23.6 Å². The molecule has 5 aliphatic rings. The van der Waals surface area contributed by atoms with Gasteiger partial charge in [0.05, 0.1) is 0 Å². The van der Waals surface area contributed by atoms with Crippen LogP contribution in [0.5, 0.6) is 34.5 Å². The summed E-state index contributed by atoms with van der Waals surface area (Å²) in [6, 6.07) is 55.5. The number of aryl methyl sites for hydroxylation is 2. The topological polar surface area (TPSA) is 278 Å². The van der Waals surface area contributed by atoms with E-state index in [1.807, 2.05) is 27.7 Å².